The minimum Gasteiger partial charge on any atom is -0.493 e. The molecule has 0 aliphatic rings. The van der Waals surface area contributed by atoms with Crippen LogP contribution in [-0.2, 0) is 10.0 Å². The number of nitro benzene ring substituents is 1. The summed E-state index contributed by atoms with van der Waals surface area (Å²) in [4.78, 5) is 10.7. The smallest absolute Gasteiger partial charge is 0.277 e. The van der Waals surface area contributed by atoms with Gasteiger partial charge in [-0.3, -0.25) is 14.8 Å². The van der Waals surface area contributed by atoms with Crippen molar-refractivity contribution in [1.29, 1.82) is 0 Å². The van der Waals surface area contributed by atoms with Crippen LogP contribution in [0, 0.1) is 10.1 Å². The van der Waals surface area contributed by atoms with Gasteiger partial charge < -0.3 is 9.47 Å². The van der Waals surface area contributed by atoms with E-state index in [0.29, 0.717) is 16.5 Å². The van der Waals surface area contributed by atoms with E-state index in [4.69, 9.17) is 9.47 Å². The number of non-ortho nitro benzene ring substituents is 1. The number of rotatable bonds is 6. The number of ether oxygens (including phenoxy) is 2. The number of nitrogens with one attached hydrogen (secondary N) is 1. The lowest BCUT2D eigenvalue weighted by molar-refractivity contribution is -0.383. The summed E-state index contributed by atoms with van der Waals surface area (Å²) in [6.45, 7) is 0. The van der Waals surface area contributed by atoms with Gasteiger partial charge in [0.2, 0.25) is 0 Å². The van der Waals surface area contributed by atoms with Crippen LogP contribution in [0.4, 0.5) is 11.4 Å². The first kappa shape index (κ1) is 18.5. The molecule has 27 heavy (non-hydrogen) atoms. The predicted molar refractivity (Wildman–Crippen MR) is 101 cm³/mol. The molecule has 0 unspecified atom stereocenters. The first-order valence-electron chi connectivity index (χ1n) is 7.78. The third-order valence-corrected chi connectivity index (χ3v) is 5.37. The summed E-state index contributed by atoms with van der Waals surface area (Å²) >= 11 is 0. The highest BCUT2D eigenvalue weighted by Gasteiger charge is 2.20. The molecule has 3 aromatic carbocycles. The SMILES string of the molecule is COc1ccc(S(=O)(=O)Nc2cccc3c([N+](=O)[O-])cccc23)cc1OC. The summed E-state index contributed by atoms with van der Waals surface area (Å²) in [5, 5.41) is 12.0. The number of benzene rings is 3. The Labute approximate surface area is 155 Å². The van der Waals surface area contributed by atoms with Gasteiger partial charge in [-0.25, -0.2) is 8.42 Å². The lowest BCUT2D eigenvalue weighted by Crippen LogP contribution is -2.13. The fourth-order valence-corrected chi connectivity index (χ4v) is 3.82. The van der Waals surface area contributed by atoms with Crippen LogP contribution >= 0.6 is 0 Å². The van der Waals surface area contributed by atoms with Crippen LogP contribution in [0.3, 0.4) is 0 Å². The van der Waals surface area contributed by atoms with Crippen LogP contribution < -0.4 is 14.2 Å². The van der Waals surface area contributed by atoms with Gasteiger partial charge in [0.25, 0.3) is 15.7 Å². The molecule has 0 bridgehead atoms. The van der Waals surface area contributed by atoms with E-state index in [0.717, 1.165) is 0 Å². The van der Waals surface area contributed by atoms with Crippen LogP contribution in [0.25, 0.3) is 10.8 Å². The second-order valence-electron chi connectivity index (χ2n) is 5.56. The Kier molecular flexibility index (Phi) is 4.87. The van der Waals surface area contributed by atoms with E-state index in [-0.39, 0.29) is 22.0 Å². The van der Waals surface area contributed by atoms with Crippen molar-refractivity contribution in [1.82, 2.24) is 0 Å². The van der Waals surface area contributed by atoms with Crippen molar-refractivity contribution in [2.24, 2.45) is 0 Å². The normalized spacial score (nSPS) is 11.2. The number of hydrogen-bond donors (Lipinski definition) is 1. The Bertz CT molecular complexity index is 1130. The van der Waals surface area contributed by atoms with Gasteiger partial charge >= 0.3 is 0 Å². The van der Waals surface area contributed by atoms with Crippen LogP contribution in [0.2, 0.25) is 0 Å². The third kappa shape index (κ3) is 3.49. The highest BCUT2D eigenvalue weighted by molar-refractivity contribution is 7.92. The third-order valence-electron chi connectivity index (χ3n) is 4.01. The molecule has 0 atom stereocenters. The van der Waals surface area contributed by atoms with Crippen molar-refractivity contribution in [3.8, 4) is 11.5 Å². The average molecular weight is 388 g/mol. The molecule has 1 N–H and O–H groups in total. The highest BCUT2D eigenvalue weighted by Crippen LogP contribution is 2.33. The van der Waals surface area contributed by atoms with Crippen molar-refractivity contribution >= 4 is 32.2 Å². The zero-order valence-electron chi connectivity index (χ0n) is 14.5. The van der Waals surface area contributed by atoms with Gasteiger partial charge in [-0.1, -0.05) is 18.2 Å². The van der Waals surface area contributed by atoms with Crippen molar-refractivity contribution in [3.05, 3.63) is 64.7 Å². The number of fused-ring (bicyclic) bond motifs is 1. The topological polar surface area (TPSA) is 108 Å². The Morgan fingerprint density at radius 3 is 2.26 bits per heavy atom. The monoisotopic (exact) mass is 388 g/mol. The van der Waals surface area contributed by atoms with Crippen molar-refractivity contribution in [2.45, 2.75) is 4.90 Å². The van der Waals surface area contributed by atoms with E-state index < -0.39 is 14.9 Å². The molecule has 0 aliphatic carbocycles. The van der Waals surface area contributed by atoms with Gasteiger partial charge in [-0.15, -0.1) is 0 Å². The molecule has 0 fully saturated rings. The minimum atomic E-state index is -3.95. The lowest BCUT2D eigenvalue weighted by Gasteiger charge is -2.13. The molecular formula is C18H16N2O6S. The maximum Gasteiger partial charge on any atom is 0.277 e. The molecule has 3 rings (SSSR count). The van der Waals surface area contributed by atoms with E-state index in [9.17, 15) is 18.5 Å². The van der Waals surface area contributed by atoms with E-state index in [1.54, 1.807) is 24.3 Å². The second-order valence-corrected chi connectivity index (χ2v) is 7.24. The Morgan fingerprint density at radius 2 is 1.59 bits per heavy atom. The van der Waals surface area contributed by atoms with Gasteiger partial charge in [-0.2, -0.15) is 0 Å². The fraction of sp³-hybridized carbons (Fsp3) is 0.111. The molecule has 140 valence electrons. The maximum absolute atomic E-state index is 12.8. The van der Waals surface area contributed by atoms with E-state index >= 15 is 0 Å². The van der Waals surface area contributed by atoms with Crippen molar-refractivity contribution in [3.63, 3.8) is 0 Å². The number of sulfonamides is 1. The molecule has 0 amide bonds. The maximum atomic E-state index is 12.8. The van der Waals surface area contributed by atoms with E-state index in [2.05, 4.69) is 4.72 Å². The zero-order valence-corrected chi connectivity index (χ0v) is 15.3. The van der Waals surface area contributed by atoms with Crippen LogP contribution in [0.5, 0.6) is 11.5 Å². The number of hydrogen-bond acceptors (Lipinski definition) is 6. The fourth-order valence-electron chi connectivity index (χ4n) is 2.73. The predicted octanol–water partition coefficient (Wildman–Crippen LogP) is 3.57. The summed E-state index contributed by atoms with van der Waals surface area (Å²) in [5.41, 5.74) is 0.144. The molecule has 0 saturated carbocycles. The molecule has 8 nitrogen and oxygen atoms in total. The molecule has 0 heterocycles. The van der Waals surface area contributed by atoms with Gasteiger partial charge in [0, 0.05) is 17.5 Å². The summed E-state index contributed by atoms with van der Waals surface area (Å²) in [6, 6.07) is 13.4. The summed E-state index contributed by atoms with van der Waals surface area (Å²) in [7, 11) is -1.09. The highest BCUT2D eigenvalue weighted by atomic mass is 32.2. The van der Waals surface area contributed by atoms with Crippen LogP contribution in [-0.4, -0.2) is 27.6 Å². The van der Waals surface area contributed by atoms with Gasteiger partial charge in [0.15, 0.2) is 11.5 Å². The first-order chi connectivity index (χ1) is 12.9. The molecule has 3 aromatic rings. The van der Waals surface area contributed by atoms with Crippen molar-refractivity contribution < 1.29 is 22.8 Å². The Morgan fingerprint density at radius 1 is 0.926 bits per heavy atom. The average Bonchev–Trinajstić information content (AvgIpc) is 2.66. The largest absolute Gasteiger partial charge is 0.493 e. The van der Waals surface area contributed by atoms with Crippen molar-refractivity contribution in [2.75, 3.05) is 18.9 Å². The standard InChI is InChI=1S/C18H16N2O6S/c1-25-17-10-9-12(11-18(17)26-2)27(23,24)19-15-7-3-6-14-13(15)5-4-8-16(14)20(21)22/h3-11,19H,1-2H3. The number of methoxy groups -OCH3 is 2. The number of nitrogens with zero attached hydrogens (tertiary/aromatic N) is 1. The lowest BCUT2D eigenvalue weighted by atomic mass is 10.1. The number of nitro groups is 1. The van der Waals surface area contributed by atoms with E-state index in [1.165, 1.54) is 44.6 Å². The van der Waals surface area contributed by atoms with Crippen LogP contribution in [0.15, 0.2) is 59.5 Å². The van der Waals surface area contributed by atoms with Crippen LogP contribution in [0.1, 0.15) is 0 Å². The van der Waals surface area contributed by atoms with E-state index in [1.807, 2.05) is 0 Å². The molecule has 0 aromatic heterocycles. The Balaban J connectivity index is 2.07. The van der Waals surface area contributed by atoms with Gasteiger partial charge in [0.05, 0.1) is 35.1 Å². The van der Waals surface area contributed by atoms with Gasteiger partial charge in [-0.05, 0) is 24.3 Å². The molecular weight excluding hydrogens is 372 g/mol. The van der Waals surface area contributed by atoms with Gasteiger partial charge in [0.1, 0.15) is 0 Å². The zero-order chi connectivity index (χ0) is 19.6. The first-order valence-corrected chi connectivity index (χ1v) is 9.26. The molecule has 0 spiro atoms. The summed E-state index contributed by atoms with van der Waals surface area (Å²) in [5.74, 6) is 0.672. The molecule has 9 heteroatoms. The number of anilines is 1. The minimum absolute atomic E-state index is 0.0254. The molecule has 0 saturated heterocycles. The summed E-state index contributed by atoms with van der Waals surface area (Å²) < 4.78 is 38.3. The quantitative estimate of drug-likeness (QED) is 0.511. The molecule has 0 radical (unpaired) electrons. The second kappa shape index (κ2) is 7.12. The Hall–Kier alpha value is -3.33. The summed E-state index contributed by atoms with van der Waals surface area (Å²) in [6.07, 6.45) is 0. The molecule has 0 aliphatic heterocycles.